The highest BCUT2D eigenvalue weighted by molar-refractivity contribution is 5.89. The third-order valence-corrected chi connectivity index (χ3v) is 6.66. The molecule has 2 aromatic carbocycles. The van der Waals surface area contributed by atoms with Gasteiger partial charge in [-0.05, 0) is 35.4 Å². The van der Waals surface area contributed by atoms with E-state index < -0.39 is 6.09 Å². The van der Waals surface area contributed by atoms with Gasteiger partial charge in [0, 0.05) is 57.1 Å². The number of pyridine rings is 1. The number of benzene rings is 2. The second-order valence-corrected chi connectivity index (χ2v) is 9.25. The normalized spacial score (nSPS) is 18.2. The largest absolute Gasteiger partial charge is 0.442 e. The van der Waals surface area contributed by atoms with Crippen molar-refractivity contribution in [2.24, 2.45) is 0 Å². The first-order chi connectivity index (χ1) is 17.5. The summed E-state index contributed by atoms with van der Waals surface area (Å²) < 4.78 is 5.32. The Bertz CT molecular complexity index is 1180. The van der Waals surface area contributed by atoms with Crippen LogP contribution in [0.25, 0.3) is 11.1 Å². The monoisotopic (exact) mass is 485 g/mol. The van der Waals surface area contributed by atoms with Crippen molar-refractivity contribution in [2.75, 3.05) is 49.1 Å². The maximum atomic E-state index is 12.2. The molecule has 186 valence electrons. The lowest BCUT2D eigenvalue weighted by Crippen LogP contribution is -2.45. The van der Waals surface area contributed by atoms with Gasteiger partial charge in [-0.25, -0.2) is 9.78 Å². The van der Waals surface area contributed by atoms with Gasteiger partial charge in [0.15, 0.2) is 0 Å². The Labute approximate surface area is 211 Å². The molecule has 2 saturated heterocycles. The van der Waals surface area contributed by atoms with E-state index in [0.717, 1.165) is 43.9 Å². The van der Waals surface area contributed by atoms with Crippen molar-refractivity contribution in [1.29, 1.82) is 0 Å². The summed E-state index contributed by atoms with van der Waals surface area (Å²) in [4.78, 5) is 34.3. The number of anilines is 2. The Hall–Kier alpha value is -3.91. The van der Waals surface area contributed by atoms with Gasteiger partial charge in [0.25, 0.3) is 0 Å². The lowest BCUT2D eigenvalue weighted by molar-refractivity contribution is -0.119. The maximum Gasteiger partial charge on any atom is 0.416 e. The zero-order valence-electron chi connectivity index (χ0n) is 20.5. The first-order valence-electron chi connectivity index (χ1n) is 12.4. The number of ether oxygens (including phenoxy) is 1. The number of amides is 2. The van der Waals surface area contributed by atoms with Crippen molar-refractivity contribution in [2.45, 2.75) is 19.6 Å². The van der Waals surface area contributed by atoms with Crippen LogP contribution in [0.15, 0.2) is 72.9 Å². The van der Waals surface area contributed by atoms with E-state index in [9.17, 15) is 9.59 Å². The summed E-state index contributed by atoms with van der Waals surface area (Å²) in [7, 11) is 0. The number of nitrogens with one attached hydrogen (secondary N) is 1. The summed E-state index contributed by atoms with van der Waals surface area (Å²) in [5.41, 5.74) is 4.66. The van der Waals surface area contributed by atoms with Crippen LogP contribution in [-0.4, -0.2) is 67.3 Å². The van der Waals surface area contributed by atoms with Crippen molar-refractivity contribution >= 4 is 23.5 Å². The number of cyclic esters (lactones) is 1. The Morgan fingerprint density at radius 1 is 0.972 bits per heavy atom. The quantitative estimate of drug-likeness (QED) is 0.552. The summed E-state index contributed by atoms with van der Waals surface area (Å²) >= 11 is 0. The number of aromatic nitrogens is 1. The molecule has 2 fully saturated rings. The van der Waals surface area contributed by atoms with Gasteiger partial charge in [-0.3, -0.25) is 14.6 Å². The molecule has 2 aliphatic heterocycles. The van der Waals surface area contributed by atoms with E-state index in [-0.39, 0.29) is 12.0 Å². The van der Waals surface area contributed by atoms with Gasteiger partial charge in [-0.2, -0.15) is 0 Å². The molecule has 0 unspecified atom stereocenters. The lowest BCUT2D eigenvalue weighted by atomic mass is 10.1. The molecule has 2 amide bonds. The fourth-order valence-corrected chi connectivity index (χ4v) is 4.65. The number of rotatable bonds is 7. The zero-order valence-corrected chi connectivity index (χ0v) is 20.5. The van der Waals surface area contributed by atoms with Crippen LogP contribution in [0.4, 0.5) is 16.3 Å². The molecule has 8 nitrogen and oxygen atoms in total. The molecular formula is C28H31N5O3. The Kier molecular flexibility index (Phi) is 7.13. The lowest BCUT2D eigenvalue weighted by Gasteiger charge is -2.36. The molecule has 0 saturated carbocycles. The first-order valence-corrected chi connectivity index (χ1v) is 12.4. The van der Waals surface area contributed by atoms with Crippen LogP contribution in [0.3, 0.4) is 0 Å². The van der Waals surface area contributed by atoms with E-state index in [1.165, 1.54) is 23.1 Å². The van der Waals surface area contributed by atoms with Crippen LogP contribution >= 0.6 is 0 Å². The van der Waals surface area contributed by atoms with Gasteiger partial charge in [-0.15, -0.1) is 0 Å². The minimum atomic E-state index is -0.445. The fourth-order valence-electron chi connectivity index (χ4n) is 4.65. The van der Waals surface area contributed by atoms with E-state index >= 15 is 0 Å². The molecule has 36 heavy (non-hydrogen) atoms. The first kappa shape index (κ1) is 23.8. The second kappa shape index (κ2) is 10.8. The molecule has 0 bridgehead atoms. The number of nitrogens with zero attached hydrogens (tertiary/aromatic N) is 4. The zero-order chi connectivity index (χ0) is 24.9. The number of carbonyl (C=O) groups excluding carboxylic acids is 2. The van der Waals surface area contributed by atoms with Crippen molar-refractivity contribution in [1.82, 2.24) is 15.2 Å². The van der Waals surface area contributed by atoms with Crippen LogP contribution in [0.1, 0.15) is 12.5 Å². The topological polar surface area (TPSA) is 78.0 Å². The highest BCUT2D eigenvalue weighted by atomic mass is 16.6. The average molecular weight is 486 g/mol. The van der Waals surface area contributed by atoms with Gasteiger partial charge in [0.2, 0.25) is 5.91 Å². The Balaban J connectivity index is 1.14. The van der Waals surface area contributed by atoms with E-state index in [4.69, 9.17) is 4.74 Å². The molecule has 8 heteroatoms. The van der Waals surface area contributed by atoms with Crippen molar-refractivity contribution in [3.8, 4) is 11.1 Å². The predicted molar refractivity (Wildman–Crippen MR) is 140 cm³/mol. The summed E-state index contributed by atoms with van der Waals surface area (Å²) in [6.07, 6.45) is 0.956. The van der Waals surface area contributed by atoms with Crippen LogP contribution < -0.4 is 15.1 Å². The van der Waals surface area contributed by atoms with E-state index in [2.05, 4.69) is 74.7 Å². The number of hydrogen-bond acceptors (Lipinski definition) is 6. The van der Waals surface area contributed by atoms with Crippen molar-refractivity contribution in [3.63, 3.8) is 0 Å². The van der Waals surface area contributed by atoms with Crippen LogP contribution in [-0.2, 0) is 16.1 Å². The highest BCUT2D eigenvalue weighted by Gasteiger charge is 2.33. The third kappa shape index (κ3) is 5.66. The van der Waals surface area contributed by atoms with E-state index in [0.29, 0.717) is 18.9 Å². The molecule has 1 atom stereocenters. The van der Waals surface area contributed by atoms with Gasteiger partial charge in [0.1, 0.15) is 11.9 Å². The molecule has 0 spiro atoms. The highest BCUT2D eigenvalue weighted by Crippen LogP contribution is 2.25. The van der Waals surface area contributed by atoms with Crippen molar-refractivity contribution < 1.29 is 14.3 Å². The summed E-state index contributed by atoms with van der Waals surface area (Å²) in [5.74, 6) is 0.393. The smallest absolute Gasteiger partial charge is 0.416 e. The van der Waals surface area contributed by atoms with E-state index in [1.54, 1.807) is 6.20 Å². The SMILES string of the molecule is CC(=O)NC[C@H]1CN(c2ccc(-c3ccc(CN4CCN(c5ccccc5)CC4)cc3)cn2)C(=O)O1. The minimum Gasteiger partial charge on any atom is -0.442 e. The third-order valence-electron chi connectivity index (χ3n) is 6.66. The summed E-state index contributed by atoms with van der Waals surface area (Å²) in [6.45, 7) is 7.21. The number of carbonyl (C=O) groups is 2. The van der Waals surface area contributed by atoms with Crippen molar-refractivity contribution in [3.05, 3.63) is 78.5 Å². The Morgan fingerprint density at radius 2 is 1.69 bits per heavy atom. The molecule has 1 N–H and O–H groups in total. The van der Waals surface area contributed by atoms with Gasteiger partial charge < -0.3 is 15.0 Å². The number of piperazine rings is 1. The molecule has 3 aromatic rings. The molecule has 0 radical (unpaired) electrons. The number of para-hydroxylation sites is 1. The maximum absolute atomic E-state index is 12.2. The Morgan fingerprint density at radius 3 is 2.36 bits per heavy atom. The average Bonchev–Trinajstić information content (AvgIpc) is 3.29. The van der Waals surface area contributed by atoms with E-state index in [1.807, 2.05) is 12.1 Å². The summed E-state index contributed by atoms with van der Waals surface area (Å²) in [5, 5.41) is 2.68. The second-order valence-electron chi connectivity index (χ2n) is 9.25. The van der Waals surface area contributed by atoms with Crippen LogP contribution in [0.5, 0.6) is 0 Å². The van der Waals surface area contributed by atoms with Gasteiger partial charge in [-0.1, -0.05) is 42.5 Å². The molecule has 3 heterocycles. The number of hydrogen-bond donors (Lipinski definition) is 1. The standard InChI is InChI=1S/C28H31N5O3/c1-21(34)29-18-26-20-33(28(35)36-26)27-12-11-24(17-30-27)23-9-7-22(8-10-23)19-31-13-15-32(16-14-31)25-5-3-2-4-6-25/h2-12,17,26H,13-16,18-20H2,1H3,(H,29,34)/t26-/m0/s1. The van der Waals surface area contributed by atoms with Crippen LogP contribution in [0, 0.1) is 0 Å². The van der Waals surface area contributed by atoms with Gasteiger partial charge >= 0.3 is 6.09 Å². The predicted octanol–water partition coefficient (Wildman–Crippen LogP) is 3.53. The molecule has 0 aliphatic carbocycles. The fraction of sp³-hybridized carbons (Fsp3) is 0.321. The molecule has 5 rings (SSSR count). The molecular weight excluding hydrogens is 454 g/mol. The van der Waals surface area contributed by atoms with Gasteiger partial charge in [0.05, 0.1) is 13.1 Å². The minimum absolute atomic E-state index is 0.149. The molecule has 2 aliphatic rings. The molecule has 1 aromatic heterocycles. The van der Waals surface area contributed by atoms with Crippen LogP contribution in [0.2, 0.25) is 0 Å². The summed E-state index contributed by atoms with van der Waals surface area (Å²) in [6, 6.07) is 23.0.